The molecule has 1 aromatic rings. The first-order valence-corrected chi connectivity index (χ1v) is 15.4. The molecular formula is C32H49F2N5O3. The molecule has 8 nitrogen and oxygen atoms in total. The van der Waals surface area contributed by atoms with Crippen molar-refractivity contribution in [1.82, 2.24) is 20.0 Å². The van der Waals surface area contributed by atoms with Crippen molar-refractivity contribution >= 4 is 17.7 Å². The van der Waals surface area contributed by atoms with Gasteiger partial charge in [-0.1, -0.05) is 19.9 Å². The lowest BCUT2D eigenvalue weighted by Gasteiger charge is -2.42. The Hall–Kier alpha value is -2.59. The van der Waals surface area contributed by atoms with Crippen LogP contribution in [-0.4, -0.2) is 88.8 Å². The number of carbonyl (C=O) groups excluding carboxylic acids is 3. The third kappa shape index (κ3) is 6.96. The summed E-state index contributed by atoms with van der Waals surface area (Å²) in [4.78, 5) is 46.6. The number of amides is 3. The second kappa shape index (κ2) is 12.6. The first kappa shape index (κ1) is 32.3. The second-order valence-electron chi connectivity index (χ2n) is 14.3. The number of hydrogen-bond acceptors (Lipinski definition) is 5. The molecule has 0 radical (unpaired) electrons. The molecule has 2 heterocycles. The number of nitrogens with two attached hydrogens (primary N) is 1. The van der Waals surface area contributed by atoms with E-state index in [2.05, 4.69) is 24.1 Å². The number of halogens is 2. The Labute approximate surface area is 249 Å². The number of carbonyl (C=O) groups is 3. The lowest BCUT2D eigenvalue weighted by atomic mass is 9.75. The summed E-state index contributed by atoms with van der Waals surface area (Å²) in [6.07, 6.45) is 4.12. The number of hydrogen-bond donors (Lipinski definition) is 2. The highest BCUT2D eigenvalue weighted by molar-refractivity contribution is 5.90. The zero-order valence-electron chi connectivity index (χ0n) is 26.1. The summed E-state index contributed by atoms with van der Waals surface area (Å²) in [6, 6.07) is 2.52. The molecule has 1 saturated carbocycles. The summed E-state index contributed by atoms with van der Waals surface area (Å²) in [5.41, 5.74) is 5.90. The van der Waals surface area contributed by atoms with Crippen LogP contribution in [0.3, 0.4) is 0 Å². The molecule has 3 amide bonds. The molecule has 1 aliphatic carbocycles. The van der Waals surface area contributed by atoms with Crippen LogP contribution in [0.1, 0.15) is 85.1 Å². The van der Waals surface area contributed by atoms with Crippen molar-refractivity contribution in [1.29, 1.82) is 0 Å². The molecule has 2 aliphatic heterocycles. The van der Waals surface area contributed by atoms with E-state index in [-0.39, 0.29) is 60.4 Å². The van der Waals surface area contributed by atoms with Crippen LogP contribution in [0, 0.1) is 23.0 Å². The van der Waals surface area contributed by atoms with Gasteiger partial charge in [0.1, 0.15) is 17.7 Å². The maximum absolute atomic E-state index is 15.1. The van der Waals surface area contributed by atoms with E-state index in [4.69, 9.17) is 5.73 Å². The fourth-order valence-corrected chi connectivity index (χ4v) is 7.23. The standard InChI is InChI=1S/C32H49F2N5O3/c1-20(40)39(22-9-11-32(5,6)12-10-22)23-16-28(29(41)36-14-13-35)38(17-23)30(42)26-19-37(31(2,3)4)18-25(26)24-8-7-21(33)15-27(24)34/h7-8,15,22-23,25-26,28H,9-14,16-19,35H2,1-6H3,(H,36,41)/t23-,25+,26?,28-/m0/s1. The van der Waals surface area contributed by atoms with E-state index < -0.39 is 29.5 Å². The summed E-state index contributed by atoms with van der Waals surface area (Å²) >= 11 is 0. The van der Waals surface area contributed by atoms with Crippen molar-refractivity contribution in [3.8, 4) is 0 Å². The third-order valence-electron chi connectivity index (χ3n) is 9.72. The van der Waals surface area contributed by atoms with Gasteiger partial charge >= 0.3 is 0 Å². The number of likely N-dealkylation sites (tertiary alicyclic amines) is 2. The Kier molecular flexibility index (Phi) is 9.67. The van der Waals surface area contributed by atoms with Crippen LogP contribution in [0.2, 0.25) is 0 Å². The fraction of sp³-hybridized carbons (Fsp3) is 0.719. The van der Waals surface area contributed by atoms with Gasteiger partial charge in [0.05, 0.1) is 12.0 Å². The third-order valence-corrected chi connectivity index (χ3v) is 9.72. The van der Waals surface area contributed by atoms with Gasteiger partial charge in [-0.2, -0.15) is 0 Å². The molecule has 3 fully saturated rings. The molecular weight excluding hydrogens is 540 g/mol. The molecule has 0 spiro atoms. The van der Waals surface area contributed by atoms with Gasteiger partial charge in [0.15, 0.2) is 0 Å². The van der Waals surface area contributed by atoms with Crippen molar-refractivity contribution in [2.75, 3.05) is 32.7 Å². The molecule has 3 N–H and O–H groups in total. The topological polar surface area (TPSA) is 99.0 Å². The van der Waals surface area contributed by atoms with Crippen molar-refractivity contribution in [2.45, 2.75) is 103 Å². The van der Waals surface area contributed by atoms with Gasteiger partial charge in [-0.05, 0) is 69.9 Å². The number of nitrogens with one attached hydrogen (secondary N) is 1. The van der Waals surface area contributed by atoms with Crippen LogP contribution in [0.5, 0.6) is 0 Å². The van der Waals surface area contributed by atoms with Crippen molar-refractivity contribution in [3.05, 3.63) is 35.4 Å². The maximum atomic E-state index is 15.1. The lowest BCUT2D eigenvalue weighted by Crippen LogP contribution is -2.51. The molecule has 4 atom stereocenters. The number of nitrogens with zero attached hydrogens (tertiary/aromatic N) is 3. The predicted molar refractivity (Wildman–Crippen MR) is 158 cm³/mol. The molecule has 10 heteroatoms. The molecule has 2 saturated heterocycles. The van der Waals surface area contributed by atoms with Crippen molar-refractivity contribution in [3.63, 3.8) is 0 Å². The first-order chi connectivity index (χ1) is 19.6. The number of benzene rings is 1. The smallest absolute Gasteiger partial charge is 0.242 e. The highest BCUT2D eigenvalue weighted by Gasteiger charge is 2.50. The van der Waals surface area contributed by atoms with Crippen LogP contribution in [0.4, 0.5) is 8.78 Å². The van der Waals surface area contributed by atoms with E-state index in [0.29, 0.717) is 25.1 Å². The van der Waals surface area contributed by atoms with E-state index in [1.165, 1.54) is 12.1 Å². The average Bonchev–Trinajstić information content (AvgIpc) is 3.53. The Balaban J connectivity index is 1.65. The minimum Gasteiger partial charge on any atom is -0.353 e. The Morgan fingerprint density at radius 3 is 2.31 bits per heavy atom. The zero-order valence-corrected chi connectivity index (χ0v) is 26.1. The van der Waals surface area contributed by atoms with Gasteiger partial charge in [-0.15, -0.1) is 0 Å². The summed E-state index contributed by atoms with van der Waals surface area (Å²) in [6.45, 7) is 13.8. The van der Waals surface area contributed by atoms with Crippen LogP contribution < -0.4 is 11.1 Å². The molecule has 1 unspecified atom stereocenters. The lowest BCUT2D eigenvalue weighted by molar-refractivity contribution is -0.142. The fourth-order valence-electron chi connectivity index (χ4n) is 7.23. The quantitative estimate of drug-likeness (QED) is 0.506. The average molecular weight is 590 g/mol. The van der Waals surface area contributed by atoms with E-state index in [0.717, 1.165) is 31.7 Å². The van der Waals surface area contributed by atoms with E-state index in [1.807, 2.05) is 25.7 Å². The highest BCUT2D eigenvalue weighted by atomic mass is 19.1. The molecule has 4 rings (SSSR count). The summed E-state index contributed by atoms with van der Waals surface area (Å²) in [5, 5.41) is 2.85. The van der Waals surface area contributed by atoms with Crippen LogP contribution in [0.15, 0.2) is 18.2 Å². The van der Waals surface area contributed by atoms with Gasteiger partial charge in [-0.25, -0.2) is 8.78 Å². The Morgan fingerprint density at radius 1 is 1.07 bits per heavy atom. The van der Waals surface area contributed by atoms with Crippen LogP contribution >= 0.6 is 0 Å². The second-order valence-corrected chi connectivity index (χ2v) is 14.3. The normalized spacial score (nSPS) is 26.8. The molecule has 1 aromatic carbocycles. The van der Waals surface area contributed by atoms with Gasteiger partial charge in [0.2, 0.25) is 17.7 Å². The van der Waals surface area contributed by atoms with Crippen LogP contribution in [-0.2, 0) is 14.4 Å². The highest BCUT2D eigenvalue weighted by Crippen LogP contribution is 2.41. The zero-order chi connectivity index (χ0) is 31.0. The van der Waals surface area contributed by atoms with Gasteiger partial charge in [0, 0.05) is 63.2 Å². The largest absolute Gasteiger partial charge is 0.353 e. The maximum Gasteiger partial charge on any atom is 0.242 e. The van der Waals surface area contributed by atoms with Crippen molar-refractivity contribution in [2.24, 2.45) is 17.1 Å². The molecule has 0 aromatic heterocycles. The van der Waals surface area contributed by atoms with E-state index >= 15 is 4.39 Å². The van der Waals surface area contributed by atoms with Gasteiger partial charge in [0.25, 0.3) is 0 Å². The summed E-state index contributed by atoms with van der Waals surface area (Å²) in [7, 11) is 0. The Bertz CT molecular complexity index is 1160. The molecule has 0 bridgehead atoms. The number of rotatable bonds is 7. The van der Waals surface area contributed by atoms with Gasteiger partial charge in [-0.3, -0.25) is 19.3 Å². The molecule has 3 aliphatic rings. The van der Waals surface area contributed by atoms with Gasteiger partial charge < -0.3 is 20.9 Å². The van der Waals surface area contributed by atoms with Crippen molar-refractivity contribution < 1.29 is 23.2 Å². The monoisotopic (exact) mass is 589 g/mol. The summed E-state index contributed by atoms with van der Waals surface area (Å²) < 4.78 is 28.9. The Morgan fingerprint density at radius 2 is 1.74 bits per heavy atom. The SMILES string of the molecule is CC(=O)N(C1CCC(C)(C)CC1)[C@H]1C[C@@H](C(=O)NCCN)N(C(=O)C2CN(C(C)(C)C)C[C@@H]2c2ccc(F)cc2F)C1. The predicted octanol–water partition coefficient (Wildman–Crippen LogP) is 3.64. The summed E-state index contributed by atoms with van der Waals surface area (Å²) in [5.74, 6) is -3.06. The minimum atomic E-state index is -0.765. The molecule has 234 valence electrons. The van der Waals surface area contributed by atoms with E-state index in [1.54, 1.807) is 11.8 Å². The minimum absolute atomic E-state index is 0.0499. The van der Waals surface area contributed by atoms with Crippen LogP contribution in [0.25, 0.3) is 0 Å². The molecule has 42 heavy (non-hydrogen) atoms. The van der Waals surface area contributed by atoms with E-state index in [9.17, 15) is 18.8 Å². The first-order valence-electron chi connectivity index (χ1n) is 15.4.